The van der Waals surface area contributed by atoms with Gasteiger partial charge in [-0.25, -0.2) is 17.2 Å². The van der Waals surface area contributed by atoms with Gasteiger partial charge >= 0.3 is 24.0 Å². The molecule has 1 amide bonds. The maximum atomic E-state index is 15.0. The van der Waals surface area contributed by atoms with E-state index in [-0.39, 0.29) is 73.6 Å². The Bertz CT molecular complexity index is 1600. The highest BCUT2D eigenvalue weighted by atomic mass is 32.2. The fourth-order valence-corrected chi connectivity index (χ4v) is 9.64. The second kappa shape index (κ2) is 10.7. The molecule has 246 valence electrons. The number of carbonyl (C=O) groups is 2. The van der Waals surface area contributed by atoms with E-state index in [1.54, 1.807) is 6.92 Å². The minimum atomic E-state index is -6.37. The summed E-state index contributed by atoms with van der Waals surface area (Å²) >= 11 is 0. The number of halogens is 8. The number of hydrogen-bond acceptors (Lipinski definition) is 4. The molecule has 1 heterocycles. The van der Waals surface area contributed by atoms with Gasteiger partial charge in [0.2, 0.25) is 5.91 Å². The van der Waals surface area contributed by atoms with Gasteiger partial charge in [-0.3, -0.25) is 9.59 Å². The van der Waals surface area contributed by atoms with Crippen LogP contribution in [0.2, 0.25) is 0 Å². The molecule has 5 rings (SSSR count). The average Bonchev–Trinajstić information content (AvgIpc) is 3.37. The number of hydrogen-bond donors (Lipinski definition) is 1. The Balaban J connectivity index is 1.62. The van der Waals surface area contributed by atoms with Crippen molar-refractivity contribution in [3.8, 4) is 0 Å². The van der Waals surface area contributed by atoms with Gasteiger partial charge < -0.3 is 10.0 Å². The third-order valence-corrected chi connectivity index (χ3v) is 12.5. The van der Waals surface area contributed by atoms with Crippen molar-refractivity contribution < 1.29 is 58.2 Å². The molecule has 0 unspecified atom stereocenters. The summed E-state index contributed by atoms with van der Waals surface area (Å²) in [5.74, 6) is -2.82. The van der Waals surface area contributed by atoms with Crippen LogP contribution in [0.15, 0.2) is 47.4 Å². The van der Waals surface area contributed by atoms with E-state index in [9.17, 15) is 58.2 Å². The number of likely N-dealkylation sites (tertiary alicyclic amines) is 1. The number of amides is 1. The highest BCUT2D eigenvalue weighted by Crippen LogP contribution is 2.57. The second-order valence-corrected chi connectivity index (χ2v) is 14.6. The first kappa shape index (κ1) is 33.1. The molecule has 1 saturated heterocycles. The molecule has 1 N–H and O–H groups in total. The SMILES string of the molecule is CC1(C(=O)O)CCC(C(=O)N2CC[C@@]3(S(=O)(=O)c4ccc(F)cc4)c4ccc(C(F)(C(F)(F)F)C(F)(F)F)cc4CC[C@@H]23)CC1. The van der Waals surface area contributed by atoms with Crippen LogP contribution in [0.25, 0.3) is 0 Å². The fourth-order valence-electron chi connectivity index (χ4n) is 7.27. The zero-order chi connectivity index (χ0) is 33.4. The summed E-state index contributed by atoms with van der Waals surface area (Å²) < 4.78 is 137. The number of rotatable bonds is 5. The van der Waals surface area contributed by atoms with Crippen molar-refractivity contribution in [3.63, 3.8) is 0 Å². The summed E-state index contributed by atoms with van der Waals surface area (Å²) in [6.07, 6.45) is -12.6. The summed E-state index contributed by atoms with van der Waals surface area (Å²) in [6.45, 7) is 1.44. The van der Waals surface area contributed by atoms with Gasteiger partial charge in [0.1, 0.15) is 10.6 Å². The Kier molecular flexibility index (Phi) is 7.85. The number of benzene rings is 2. The lowest BCUT2D eigenvalue weighted by Gasteiger charge is -2.44. The predicted molar refractivity (Wildman–Crippen MR) is 143 cm³/mol. The number of alkyl halides is 7. The first-order valence-corrected chi connectivity index (χ1v) is 15.7. The van der Waals surface area contributed by atoms with Crippen molar-refractivity contribution in [1.29, 1.82) is 0 Å². The highest BCUT2D eigenvalue weighted by molar-refractivity contribution is 7.92. The number of nitrogens with zero attached hydrogens (tertiary/aromatic N) is 1. The van der Waals surface area contributed by atoms with Crippen LogP contribution in [-0.2, 0) is 36.3 Å². The van der Waals surface area contributed by atoms with Gasteiger partial charge in [-0.05, 0) is 87.3 Å². The lowest BCUT2D eigenvalue weighted by molar-refractivity contribution is -0.348. The van der Waals surface area contributed by atoms with Gasteiger partial charge in [0.15, 0.2) is 9.84 Å². The first-order chi connectivity index (χ1) is 20.7. The topological polar surface area (TPSA) is 91.8 Å². The van der Waals surface area contributed by atoms with Crippen molar-refractivity contribution in [2.45, 2.75) is 85.6 Å². The molecule has 0 radical (unpaired) electrons. The molecule has 2 aromatic carbocycles. The third-order valence-electron chi connectivity index (χ3n) is 9.91. The number of fused-ring (bicyclic) bond motifs is 3. The average molecular weight is 668 g/mol. The van der Waals surface area contributed by atoms with Gasteiger partial charge in [-0.2, -0.15) is 26.3 Å². The summed E-state index contributed by atoms with van der Waals surface area (Å²) in [5, 5.41) is 9.56. The van der Waals surface area contributed by atoms with Crippen molar-refractivity contribution in [2.24, 2.45) is 11.3 Å². The van der Waals surface area contributed by atoms with E-state index in [0.717, 1.165) is 30.3 Å². The molecule has 3 aliphatic rings. The van der Waals surface area contributed by atoms with Crippen molar-refractivity contribution >= 4 is 21.7 Å². The molecule has 0 spiro atoms. The monoisotopic (exact) mass is 667 g/mol. The largest absolute Gasteiger partial charge is 0.481 e. The zero-order valence-electron chi connectivity index (χ0n) is 23.8. The molecule has 1 aliphatic heterocycles. The number of carboxylic acid groups (broad SMARTS) is 1. The Morgan fingerprint density at radius 3 is 2.00 bits per heavy atom. The van der Waals surface area contributed by atoms with Gasteiger partial charge in [0.05, 0.1) is 16.4 Å². The Labute approximate surface area is 253 Å². The van der Waals surface area contributed by atoms with Crippen LogP contribution < -0.4 is 0 Å². The molecular formula is C30H29F8NO5S. The van der Waals surface area contributed by atoms with Gasteiger partial charge in [0, 0.05) is 18.0 Å². The third kappa shape index (κ3) is 4.91. The number of sulfone groups is 1. The zero-order valence-corrected chi connectivity index (χ0v) is 24.6. The van der Waals surface area contributed by atoms with Crippen LogP contribution in [0, 0.1) is 17.2 Å². The normalized spacial score (nSPS) is 27.5. The van der Waals surface area contributed by atoms with Crippen LogP contribution in [0.5, 0.6) is 0 Å². The summed E-state index contributed by atoms with van der Waals surface area (Å²) in [5.41, 5.74) is -8.90. The Morgan fingerprint density at radius 1 is 0.889 bits per heavy atom. The van der Waals surface area contributed by atoms with E-state index in [1.165, 1.54) is 4.90 Å². The van der Waals surface area contributed by atoms with Gasteiger partial charge in [-0.15, -0.1) is 0 Å². The summed E-state index contributed by atoms with van der Waals surface area (Å²) in [4.78, 5) is 26.5. The van der Waals surface area contributed by atoms with E-state index in [2.05, 4.69) is 0 Å². The van der Waals surface area contributed by atoms with Crippen molar-refractivity contribution in [2.75, 3.05) is 6.54 Å². The minimum absolute atomic E-state index is 0.129. The van der Waals surface area contributed by atoms with E-state index in [4.69, 9.17) is 0 Å². The molecule has 2 fully saturated rings. The predicted octanol–water partition coefficient (Wildman–Crippen LogP) is 6.61. The lowest BCUT2D eigenvalue weighted by atomic mass is 9.71. The van der Waals surface area contributed by atoms with Crippen LogP contribution in [-0.4, -0.2) is 55.2 Å². The standard InChI is InChI=1S/C30H29F8NO5S/c1-26(25(41)42)12-10-17(11-13-26)24(40)39-15-14-27(45(43,44)21-6-4-20(31)5-7-21)22-8-3-19(16-18(22)2-9-23(27)39)28(32,29(33,34)35)30(36,37)38/h3-8,16-17,23H,2,9-15H2,1H3,(H,41,42)/t17?,23-,26?,27-/m1/s1. The molecule has 6 nitrogen and oxygen atoms in total. The Hall–Kier alpha value is -3.23. The van der Waals surface area contributed by atoms with Crippen LogP contribution in [0.3, 0.4) is 0 Å². The summed E-state index contributed by atoms with van der Waals surface area (Å²) in [7, 11) is -4.60. The van der Waals surface area contributed by atoms with E-state index < -0.39 is 73.2 Å². The molecule has 2 aromatic rings. The molecule has 2 aliphatic carbocycles. The summed E-state index contributed by atoms with van der Waals surface area (Å²) in [6, 6.07) is 4.07. The van der Waals surface area contributed by atoms with Crippen LogP contribution in [0.1, 0.15) is 62.1 Å². The van der Waals surface area contributed by atoms with Gasteiger partial charge in [0.25, 0.3) is 0 Å². The highest BCUT2D eigenvalue weighted by Gasteiger charge is 2.74. The fraction of sp³-hybridized carbons (Fsp3) is 0.533. The smallest absolute Gasteiger partial charge is 0.435 e. The van der Waals surface area contributed by atoms with Crippen LogP contribution in [0.4, 0.5) is 35.1 Å². The molecule has 0 aromatic heterocycles. The first-order valence-electron chi connectivity index (χ1n) is 14.2. The lowest BCUT2D eigenvalue weighted by Crippen LogP contribution is -2.54. The molecule has 2 atom stereocenters. The van der Waals surface area contributed by atoms with Crippen molar-refractivity contribution in [1.82, 2.24) is 4.90 Å². The Morgan fingerprint density at radius 2 is 1.47 bits per heavy atom. The van der Waals surface area contributed by atoms with E-state index >= 15 is 0 Å². The maximum absolute atomic E-state index is 15.0. The van der Waals surface area contributed by atoms with Gasteiger partial charge in [-0.1, -0.05) is 18.2 Å². The van der Waals surface area contributed by atoms with Crippen molar-refractivity contribution in [3.05, 3.63) is 65.0 Å². The van der Waals surface area contributed by atoms with E-state index in [0.29, 0.717) is 6.07 Å². The maximum Gasteiger partial charge on any atom is 0.435 e. The van der Waals surface area contributed by atoms with E-state index in [1.807, 2.05) is 0 Å². The molecular weight excluding hydrogens is 638 g/mol. The second-order valence-electron chi connectivity index (χ2n) is 12.3. The minimum Gasteiger partial charge on any atom is -0.481 e. The molecule has 45 heavy (non-hydrogen) atoms. The van der Waals surface area contributed by atoms with Crippen LogP contribution >= 0.6 is 0 Å². The number of aliphatic carboxylic acids is 1. The molecule has 15 heteroatoms. The molecule has 1 saturated carbocycles. The number of aryl methyl sites for hydroxylation is 1. The number of carbonyl (C=O) groups excluding carboxylic acids is 1. The molecule has 0 bridgehead atoms. The quantitative estimate of drug-likeness (QED) is 0.286. The number of carboxylic acids is 1.